The number of methoxy groups -OCH3 is 1. The molecule has 31 heavy (non-hydrogen) atoms. The van der Waals surface area contributed by atoms with Gasteiger partial charge in [-0.3, -0.25) is 14.5 Å². The van der Waals surface area contributed by atoms with E-state index < -0.39 is 0 Å². The van der Waals surface area contributed by atoms with E-state index in [1.807, 2.05) is 42.5 Å². The number of hydrogen-bond acceptors (Lipinski definition) is 5. The molecule has 164 valence electrons. The van der Waals surface area contributed by atoms with Crippen LogP contribution < -0.4 is 19.7 Å². The van der Waals surface area contributed by atoms with Crippen LogP contribution in [0.15, 0.2) is 48.5 Å². The number of carbonyl (C=O) groups excluding carboxylic acids is 2. The van der Waals surface area contributed by atoms with Crippen LogP contribution in [0.2, 0.25) is 0 Å². The molecule has 2 amide bonds. The molecule has 2 aliphatic heterocycles. The fraction of sp³-hybridized carbons (Fsp3) is 0.417. The average Bonchev–Trinajstić information content (AvgIpc) is 2.80. The number of likely N-dealkylation sites (tertiary alicyclic amines) is 1. The fourth-order valence-electron chi connectivity index (χ4n) is 4.22. The number of piperidine rings is 1. The van der Waals surface area contributed by atoms with Gasteiger partial charge in [-0.25, -0.2) is 0 Å². The summed E-state index contributed by atoms with van der Waals surface area (Å²) in [6.07, 6.45) is 2.11. The zero-order valence-corrected chi connectivity index (χ0v) is 17.9. The summed E-state index contributed by atoms with van der Waals surface area (Å²) < 4.78 is 10.9. The third kappa shape index (κ3) is 5.17. The Bertz CT molecular complexity index is 925. The molecular formula is C24H29N3O4. The van der Waals surface area contributed by atoms with Gasteiger partial charge in [0.15, 0.2) is 6.61 Å². The first-order valence-corrected chi connectivity index (χ1v) is 10.8. The summed E-state index contributed by atoms with van der Waals surface area (Å²) in [6.45, 7) is 3.08. The van der Waals surface area contributed by atoms with Crippen molar-refractivity contribution in [1.29, 1.82) is 0 Å². The first-order valence-electron chi connectivity index (χ1n) is 10.8. The minimum Gasteiger partial charge on any atom is -0.496 e. The van der Waals surface area contributed by atoms with Crippen LogP contribution >= 0.6 is 0 Å². The van der Waals surface area contributed by atoms with Crippen LogP contribution in [0.5, 0.6) is 11.5 Å². The molecule has 0 saturated carbocycles. The second-order valence-electron chi connectivity index (χ2n) is 7.98. The number of nitrogens with zero attached hydrogens (tertiary/aromatic N) is 2. The summed E-state index contributed by atoms with van der Waals surface area (Å²) in [5.74, 6) is 1.47. The first kappa shape index (κ1) is 21.2. The summed E-state index contributed by atoms with van der Waals surface area (Å²) in [6, 6.07) is 15.7. The van der Waals surface area contributed by atoms with Crippen LogP contribution in [0.3, 0.4) is 0 Å². The van der Waals surface area contributed by atoms with Crippen molar-refractivity contribution in [1.82, 2.24) is 10.2 Å². The molecule has 0 spiro atoms. The van der Waals surface area contributed by atoms with Crippen molar-refractivity contribution < 1.29 is 19.1 Å². The minimum atomic E-state index is -0.115. The fourth-order valence-corrected chi connectivity index (χ4v) is 4.22. The van der Waals surface area contributed by atoms with Crippen molar-refractivity contribution in [2.24, 2.45) is 0 Å². The van der Waals surface area contributed by atoms with Crippen molar-refractivity contribution >= 4 is 17.5 Å². The lowest BCUT2D eigenvalue weighted by atomic mass is 10.0. The molecule has 1 N–H and O–H groups in total. The van der Waals surface area contributed by atoms with E-state index >= 15 is 0 Å². The molecule has 2 aliphatic rings. The van der Waals surface area contributed by atoms with Gasteiger partial charge in [0.1, 0.15) is 11.5 Å². The highest BCUT2D eigenvalue weighted by Crippen LogP contribution is 2.31. The van der Waals surface area contributed by atoms with Crippen molar-refractivity contribution in [3.05, 3.63) is 54.1 Å². The topological polar surface area (TPSA) is 71.1 Å². The van der Waals surface area contributed by atoms with Gasteiger partial charge in [0.05, 0.1) is 12.8 Å². The Labute approximate surface area is 182 Å². The molecule has 2 aromatic carbocycles. The number of benzene rings is 2. The van der Waals surface area contributed by atoms with E-state index in [0.717, 1.165) is 43.9 Å². The first-order chi connectivity index (χ1) is 15.1. The number of nitrogens with one attached hydrogen (secondary N) is 1. The number of carbonyl (C=O) groups is 2. The SMILES string of the molecule is COc1ccccc1CN1CCC(NC(=O)CCN2C(=O)COc3ccccc32)CC1. The van der Waals surface area contributed by atoms with Gasteiger partial charge >= 0.3 is 0 Å². The Morgan fingerprint density at radius 3 is 2.68 bits per heavy atom. The third-order valence-electron chi connectivity index (χ3n) is 5.91. The van der Waals surface area contributed by atoms with Crippen LogP contribution in [0.25, 0.3) is 0 Å². The lowest BCUT2D eigenvalue weighted by Gasteiger charge is -2.33. The van der Waals surface area contributed by atoms with E-state index in [4.69, 9.17) is 9.47 Å². The quantitative estimate of drug-likeness (QED) is 0.741. The smallest absolute Gasteiger partial charge is 0.265 e. The van der Waals surface area contributed by atoms with Crippen LogP contribution in [0, 0.1) is 0 Å². The van der Waals surface area contributed by atoms with Gasteiger partial charge < -0.3 is 19.7 Å². The summed E-state index contributed by atoms with van der Waals surface area (Å²) in [5, 5.41) is 3.14. The van der Waals surface area contributed by atoms with Gasteiger partial charge in [0, 0.05) is 44.2 Å². The highest BCUT2D eigenvalue weighted by Gasteiger charge is 2.26. The molecule has 1 saturated heterocycles. The third-order valence-corrected chi connectivity index (χ3v) is 5.91. The number of para-hydroxylation sites is 3. The molecule has 7 heteroatoms. The highest BCUT2D eigenvalue weighted by molar-refractivity contribution is 5.98. The van der Waals surface area contributed by atoms with Crippen molar-refractivity contribution in [2.45, 2.75) is 31.8 Å². The lowest BCUT2D eigenvalue weighted by Crippen LogP contribution is -2.46. The monoisotopic (exact) mass is 423 g/mol. The number of amides is 2. The molecule has 7 nitrogen and oxygen atoms in total. The number of hydrogen-bond donors (Lipinski definition) is 1. The van der Waals surface area contributed by atoms with E-state index in [0.29, 0.717) is 12.3 Å². The van der Waals surface area contributed by atoms with Crippen molar-refractivity contribution in [3.8, 4) is 11.5 Å². The Morgan fingerprint density at radius 2 is 1.87 bits per heavy atom. The number of rotatable bonds is 7. The van der Waals surface area contributed by atoms with Crippen molar-refractivity contribution in [2.75, 3.05) is 38.3 Å². The van der Waals surface area contributed by atoms with E-state index in [-0.39, 0.29) is 30.9 Å². The normalized spacial score (nSPS) is 17.1. The number of anilines is 1. The predicted octanol–water partition coefficient (Wildman–Crippen LogP) is 2.59. The lowest BCUT2D eigenvalue weighted by molar-refractivity contribution is -0.122. The largest absolute Gasteiger partial charge is 0.496 e. The van der Waals surface area contributed by atoms with Crippen molar-refractivity contribution in [3.63, 3.8) is 0 Å². The molecular weight excluding hydrogens is 394 g/mol. The molecule has 0 radical (unpaired) electrons. The zero-order chi connectivity index (χ0) is 21.6. The molecule has 0 bridgehead atoms. The molecule has 0 atom stereocenters. The van der Waals surface area contributed by atoms with Crippen LogP contribution in [0.4, 0.5) is 5.69 Å². The van der Waals surface area contributed by atoms with E-state index in [1.165, 1.54) is 5.56 Å². The van der Waals surface area contributed by atoms with Gasteiger partial charge in [-0.15, -0.1) is 0 Å². The van der Waals surface area contributed by atoms with Gasteiger partial charge in [-0.05, 0) is 31.0 Å². The highest BCUT2D eigenvalue weighted by atomic mass is 16.5. The summed E-state index contributed by atoms with van der Waals surface area (Å²) in [4.78, 5) is 28.8. The van der Waals surface area contributed by atoms with Crippen LogP contribution in [-0.2, 0) is 16.1 Å². The number of fused-ring (bicyclic) bond motifs is 1. The van der Waals surface area contributed by atoms with Gasteiger partial charge in [0.25, 0.3) is 5.91 Å². The van der Waals surface area contributed by atoms with E-state index in [1.54, 1.807) is 12.0 Å². The second kappa shape index (κ2) is 9.83. The molecule has 2 aromatic rings. The Hall–Kier alpha value is -3.06. The zero-order valence-electron chi connectivity index (χ0n) is 17.9. The van der Waals surface area contributed by atoms with E-state index in [9.17, 15) is 9.59 Å². The van der Waals surface area contributed by atoms with Gasteiger partial charge in [0.2, 0.25) is 5.91 Å². The maximum Gasteiger partial charge on any atom is 0.265 e. The Morgan fingerprint density at radius 1 is 1.13 bits per heavy atom. The predicted molar refractivity (Wildman–Crippen MR) is 118 cm³/mol. The standard InChI is InChI=1S/C24H29N3O4/c1-30-21-8-4-2-6-18(21)16-26-13-10-19(11-14-26)25-23(28)12-15-27-20-7-3-5-9-22(20)31-17-24(27)29/h2-9,19H,10-17H2,1H3,(H,25,28). The molecule has 2 heterocycles. The molecule has 0 aromatic heterocycles. The summed E-state index contributed by atoms with van der Waals surface area (Å²) >= 11 is 0. The maximum absolute atomic E-state index is 12.5. The Balaban J connectivity index is 1.23. The van der Waals surface area contributed by atoms with Crippen LogP contribution in [0.1, 0.15) is 24.8 Å². The van der Waals surface area contributed by atoms with Gasteiger partial charge in [-0.1, -0.05) is 30.3 Å². The molecule has 1 fully saturated rings. The van der Waals surface area contributed by atoms with Crippen LogP contribution in [-0.4, -0.2) is 56.1 Å². The Kier molecular flexibility index (Phi) is 6.72. The van der Waals surface area contributed by atoms with E-state index in [2.05, 4.69) is 16.3 Å². The summed E-state index contributed by atoms with van der Waals surface area (Å²) in [7, 11) is 1.70. The molecule has 0 unspecified atom stereocenters. The minimum absolute atomic E-state index is 0.0139. The average molecular weight is 424 g/mol. The molecule has 0 aliphatic carbocycles. The summed E-state index contributed by atoms with van der Waals surface area (Å²) in [5.41, 5.74) is 1.92. The second-order valence-corrected chi connectivity index (χ2v) is 7.98. The number of ether oxygens (including phenoxy) is 2. The van der Waals surface area contributed by atoms with Gasteiger partial charge in [-0.2, -0.15) is 0 Å². The molecule has 4 rings (SSSR count). The maximum atomic E-state index is 12.5.